The molecule has 2 aromatic rings. The molecule has 6 heteroatoms. The fourth-order valence-electron chi connectivity index (χ4n) is 2.62. The van der Waals surface area contributed by atoms with Gasteiger partial charge in [0.1, 0.15) is 0 Å². The monoisotopic (exact) mass is 367 g/mol. The molecule has 1 atom stereocenters. The lowest BCUT2D eigenvalue weighted by atomic mass is 10.2. The van der Waals surface area contributed by atoms with Crippen molar-refractivity contribution in [2.45, 2.75) is 25.8 Å². The number of benzene rings is 1. The molecule has 1 fully saturated rings. The predicted molar refractivity (Wildman–Crippen MR) is 89.7 cm³/mol. The number of amides is 1. The number of aromatic nitrogens is 1. The third-order valence-electron chi connectivity index (χ3n) is 3.77. The maximum Gasteiger partial charge on any atom is 0.223 e. The van der Waals surface area contributed by atoms with Gasteiger partial charge in [-0.25, -0.2) is 4.98 Å². The van der Waals surface area contributed by atoms with Crippen molar-refractivity contribution in [2.24, 2.45) is 0 Å². The molecule has 2 heterocycles. The van der Waals surface area contributed by atoms with Gasteiger partial charge in [0.2, 0.25) is 5.91 Å². The molecule has 4 nitrogen and oxygen atoms in total. The first-order chi connectivity index (χ1) is 10.1. The van der Waals surface area contributed by atoms with Gasteiger partial charge in [0.15, 0.2) is 0 Å². The summed E-state index contributed by atoms with van der Waals surface area (Å²) in [6.45, 7) is 4.69. The summed E-state index contributed by atoms with van der Waals surface area (Å²) in [6.07, 6.45) is 1.28. The second-order valence-electron chi connectivity index (χ2n) is 5.36. The first kappa shape index (κ1) is 14.9. The van der Waals surface area contributed by atoms with Crippen LogP contribution in [0, 0.1) is 0 Å². The molecule has 1 unspecified atom stereocenters. The highest BCUT2D eigenvalue weighted by molar-refractivity contribution is 9.10. The Morgan fingerprint density at radius 1 is 1.57 bits per heavy atom. The molecular formula is C15H18BrN3OS. The summed E-state index contributed by atoms with van der Waals surface area (Å²) in [6, 6.07) is 6.41. The molecule has 1 amide bonds. The molecule has 1 saturated heterocycles. The van der Waals surface area contributed by atoms with Crippen molar-refractivity contribution in [1.82, 2.24) is 15.2 Å². The van der Waals surface area contributed by atoms with Crippen LogP contribution in [0.3, 0.4) is 0 Å². The quantitative estimate of drug-likeness (QED) is 0.906. The molecule has 21 heavy (non-hydrogen) atoms. The number of carbonyl (C=O) groups excluding carboxylic acids is 1. The number of nitrogens with one attached hydrogen (secondary N) is 1. The second-order valence-corrected chi connectivity index (χ2v) is 7.39. The maximum absolute atomic E-state index is 12.3. The molecule has 0 saturated carbocycles. The van der Waals surface area contributed by atoms with E-state index in [0.29, 0.717) is 6.42 Å². The molecular weight excluding hydrogens is 350 g/mol. The highest BCUT2D eigenvalue weighted by atomic mass is 79.9. The van der Waals surface area contributed by atoms with Crippen molar-refractivity contribution in [2.75, 3.05) is 19.6 Å². The van der Waals surface area contributed by atoms with Crippen molar-refractivity contribution in [3.8, 4) is 0 Å². The number of hydrogen-bond donors (Lipinski definition) is 1. The van der Waals surface area contributed by atoms with Crippen LogP contribution in [0.4, 0.5) is 0 Å². The summed E-state index contributed by atoms with van der Waals surface area (Å²) in [4.78, 5) is 18.9. The van der Waals surface area contributed by atoms with E-state index in [-0.39, 0.29) is 11.9 Å². The molecule has 1 aromatic carbocycles. The van der Waals surface area contributed by atoms with Crippen LogP contribution in [0.5, 0.6) is 0 Å². The van der Waals surface area contributed by atoms with Crippen molar-refractivity contribution in [3.63, 3.8) is 0 Å². The summed E-state index contributed by atoms with van der Waals surface area (Å²) in [7, 11) is 0. The average molecular weight is 368 g/mol. The third kappa shape index (κ3) is 3.44. The van der Waals surface area contributed by atoms with Crippen LogP contribution in [0.15, 0.2) is 22.7 Å². The highest BCUT2D eigenvalue weighted by Crippen LogP contribution is 2.26. The van der Waals surface area contributed by atoms with E-state index < -0.39 is 0 Å². The van der Waals surface area contributed by atoms with Gasteiger partial charge in [-0.1, -0.05) is 15.9 Å². The van der Waals surface area contributed by atoms with Crippen LogP contribution in [-0.4, -0.2) is 41.5 Å². The Labute approximate surface area is 136 Å². The first-order valence-corrected chi connectivity index (χ1v) is 8.79. The highest BCUT2D eigenvalue weighted by Gasteiger charge is 2.22. The Bertz CT molecular complexity index is 657. The Hall–Kier alpha value is -0.980. The van der Waals surface area contributed by atoms with E-state index in [1.807, 2.05) is 17.0 Å². The largest absolute Gasteiger partial charge is 0.337 e. The fourth-order valence-corrected chi connectivity index (χ4v) is 3.92. The van der Waals surface area contributed by atoms with Gasteiger partial charge in [0, 0.05) is 43.0 Å². The third-order valence-corrected chi connectivity index (χ3v) is 5.36. The van der Waals surface area contributed by atoms with E-state index in [0.717, 1.165) is 41.1 Å². The predicted octanol–water partition coefficient (Wildman–Crippen LogP) is 2.81. The molecule has 112 valence electrons. The molecule has 1 aromatic heterocycles. The van der Waals surface area contributed by atoms with Gasteiger partial charge in [-0.3, -0.25) is 4.79 Å². The first-order valence-electron chi connectivity index (χ1n) is 7.18. The Balaban J connectivity index is 1.64. The van der Waals surface area contributed by atoms with Crippen LogP contribution in [0.1, 0.15) is 18.4 Å². The SMILES string of the molecule is CC1CNCCN1C(=O)CCc1nc2cc(Br)ccc2s1. The summed E-state index contributed by atoms with van der Waals surface area (Å²) < 4.78 is 2.22. The van der Waals surface area contributed by atoms with E-state index in [1.165, 1.54) is 4.70 Å². The summed E-state index contributed by atoms with van der Waals surface area (Å²) >= 11 is 5.14. The number of fused-ring (bicyclic) bond motifs is 1. The van der Waals surface area contributed by atoms with Crippen molar-refractivity contribution in [1.29, 1.82) is 0 Å². The number of rotatable bonds is 3. The topological polar surface area (TPSA) is 45.2 Å². The lowest BCUT2D eigenvalue weighted by Crippen LogP contribution is -2.52. The molecule has 0 spiro atoms. The molecule has 0 bridgehead atoms. The average Bonchev–Trinajstić information content (AvgIpc) is 2.87. The lowest BCUT2D eigenvalue weighted by molar-refractivity contribution is -0.133. The lowest BCUT2D eigenvalue weighted by Gasteiger charge is -2.34. The molecule has 0 aliphatic carbocycles. The zero-order valence-electron chi connectivity index (χ0n) is 11.9. The number of thiazole rings is 1. The van der Waals surface area contributed by atoms with E-state index in [4.69, 9.17) is 0 Å². The van der Waals surface area contributed by atoms with E-state index in [2.05, 4.69) is 39.2 Å². The van der Waals surface area contributed by atoms with Crippen LogP contribution >= 0.6 is 27.3 Å². The van der Waals surface area contributed by atoms with Gasteiger partial charge in [0.25, 0.3) is 0 Å². The van der Waals surface area contributed by atoms with Crippen LogP contribution in [-0.2, 0) is 11.2 Å². The minimum absolute atomic E-state index is 0.240. The van der Waals surface area contributed by atoms with Crippen LogP contribution in [0.2, 0.25) is 0 Å². The smallest absolute Gasteiger partial charge is 0.223 e. The molecule has 1 N–H and O–H groups in total. The maximum atomic E-state index is 12.3. The fraction of sp³-hybridized carbons (Fsp3) is 0.467. The summed E-state index contributed by atoms with van der Waals surface area (Å²) in [5.41, 5.74) is 1.01. The van der Waals surface area contributed by atoms with Gasteiger partial charge < -0.3 is 10.2 Å². The van der Waals surface area contributed by atoms with E-state index in [1.54, 1.807) is 11.3 Å². The summed E-state index contributed by atoms with van der Waals surface area (Å²) in [5.74, 6) is 0.240. The molecule has 3 rings (SSSR count). The van der Waals surface area contributed by atoms with Gasteiger partial charge in [-0.05, 0) is 25.1 Å². The number of nitrogens with zero attached hydrogens (tertiary/aromatic N) is 2. The van der Waals surface area contributed by atoms with Gasteiger partial charge in [-0.15, -0.1) is 11.3 Å². The number of piperazine rings is 1. The minimum atomic E-state index is 0.240. The van der Waals surface area contributed by atoms with Crippen LogP contribution < -0.4 is 5.32 Å². The molecule has 1 aliphatic heterocycles. The van der Waals surface area contributed by atoms with Crippen molar-refractivity contribution >= 4 is 43.4 Å². The van der Waals surface area contributed by atoms with Crippen molar-refractivity contribution in [3.05, 3.63) is 27.7 Å². The van der Waals surface area contributed by atoms with Crippen LogP contribution in [0.25, 0.3) is 10.2 Å². The Morgan fingerprint density at radius 3 is 3.24 bits per heavy atom. The van der Waals surface area contributed by atoms with Gasteiger partial charge in [-0.2, -0.15) is 0 Å². The number of aryl methyl sites for hydroxylation is 1. The standard InChI is InChI=1S/C15H18BrN3OS/c1-10-9-17-6-7-19(10)15(20)5-4-14-18-12-8-11(16)2-3-13(12)21-14/h2-3,8,10,17H,4-7,9H2,1H3. The zero-order chi connectivity index (χ0) is 14.8. The summed E-state index contributed by atoms with van der Waals surface area (Å²) in [5, 5.41) is 4.35. The Morgan fingerprint density at radius 2 is 2.43 bits per heavy atom. The van der Waals surface area contributed by atoms with Gasteiger partial charge >= 0.3 is 0 Å². The van der Waals surface area contributed by atoms with E-state index >= 15 is 0 Å². The van der Waals surface area contributed by atoms with E-state index in [9.17, 15) is 4.79 Å². The number of hydrogen-bond acceptors (Lipinski definition) is 4. The number of carbonyl (C=O) groups is 1. The molecule has 1 aliphatic rings. The van der Waals surface area contributed by atoms with Crippen molar-refractivity contribution < 1.29 is 4.79 Å². The second kappa shape index (κ2) is 6.42. The zero-order valence-corrected chi connectivity index (χ0v) is 14.3. The minimum Gasteiger partial charge on any atom is -0.337 e. The van der Waals surface area contributed by atoms with Gasteiger partial charge in [0.05, 0.1) is 15.2 Å². The normalized spacial score (nSPS) is 19.1. The number of halogens is 1. The molecule has 0 radical (unpaired) electrons. The Kier molecular flexibility index (Phi) is 4.57.